The number of para-hydroxylation sites is 1. The van der Waals surface area contributed by atoms with E-state index in [0.29, 0.717) is 0 Å². The van der Waals surface area contributed by atoms with Gasteiger partial charge < -0.3 is 4.42 Å². The largest absolute Gasteiger partial charge is 0.455 e. The fourth-order valence-corrected chi connectivity index (χ4v) is 6.19. The van der Waals surface area contributed by atoms with Gasteiger partial charge in [0, 0.05) is 22.4 Å². The van der Waals surface area contributed by atoms with Crippen molar-refractivity contribution in [1.29, 1.82) is 0 Å². The van der Waals surface area contributed by atoms with Crippen molar-refractivity contribution in [3.05, 3.63) is 77.5 Å². The van der Waals surface area contributed by atoms with Crippen molar-refractivity contribution in [2.24, 2.45) is 7.05 Å². The number of hydrogen-bond acceptors (Lipinski definition) is 1. The van der Waals surface area contributed by atoms with Crippen molar-refractivity contribution in [3.63, 3.8) is 0 Å². The van der Waals surface area contributed by atoms with Crippen LogP contribution in [0.25, 0.3) is 44.0 Å². The van der Waals surface area contributed by atoms with E-state index in [-0.39, 0.29) is 10.8 Å². The fourth-order valence-electron chi connectivity index (χ4n) is 6.19. The Labute approximate surface area is 195 Å². The summed E-state index contributed by atoms with van der Waals surface area (Å²) in [4.78, 5) is 0. The number of pyridine rings is 1. The summed E-state index contributed by atoms with van der Waals surface area (Å²) in [6.07, 6.45) is 4.64. The highest BCUT2D eigenvalue weighted by Crippen LogP contribution is 2.51. The quantitative estimate of drug-likeness (QED) is 0.245. The summed E-state index contributed by atoms with van der Waals surface area (Å²) < 4.78 is 9.00. The Hall–Kier alpha value is -3.13. The molecule has 0 bridgehead atoms. The number of furan rings is 1. The van der Waals surface area contributed by atoms with E-state index < -0.39 is 0 Å². The van der Waals surface area contributed by atoms with Gasteiger partial charge in [0.15, 0.2) is 6.20 Å². The van der Waals surface area contributed by atoms with Crippen molar-refractivity contribution < 1.29 is 8.98 Å². The van der Waals surface area contributed by atoms with Crippen LogP contribution in [0, 0.1) is 6.92 Å². The first-order chi connectivity index (χ1) is 15.7. The van der Waals surface area contributed by atoms with E-state index in [1.54, 1.807) is 0 Å². The molecule has 0 saturated heterocycles. The maximum absolute atomic E-state index is 6.68. The third-order valence-electron chi connectivity index (χ3n) is 8.14. The second-order valence-corrected chi connectivity index (χ2v) is 11.2. The number of rotatable bonds is 1. The van der Waals surface area contributed by atoms with Crippen LogP contribution in [0.3, 0.4) is 0 Å². The second-order valence-electron chi connectivity index (χ2n) is 11.2. The first-order valence-electron chi connectivity index (χ1n) is 12.1. The first kappa shape index (κ1) is 20.5. The lowest BCUT2D eigenvalue weighted by molar-refractivity contribution is -0.661. The average molecular weight is 435 g/mol. The molecule has 1 aliphatic carbocycles. The highest BCUT2D eigenvalue weighted by atomic mass is 16.3. The standard InChI is InChI=1S/C31H32NO/c1-19-20-11-7-8-12-21(20)26-22-13-9-10-14-24(22)33-29(26)25(19)28-27-23(15-18-32(28)6)30(2,3)16-17-31(27,4)5/h7-15,18H,16-17H2,1-6H3/q+1. The molecular weight excluding hydrogens is 402 g/mol. The summed E-state index contributed by atoms with van der Waals surface area (Å²) in [6.45, 7) is 11.9. The molecule has 1 aliphatic rings. The third-order valence-corrected chi connectivity index (χ3v) is 8.14. The normalized spacial score (nSPS) is 17.0. The molecule has 0 spiro atoms. The van der Waals surface area contributed by atoms with Gasteiger partial charge in [-0.25, -0.2) is 4.57 Å². The molecule has 5 aromatic rings. The van der Waals surface area contributed by atoms with Crippen LogP contribution in [-0.4, -0.2) is 0 Å². The van der Waals surface area contributed by atoms with Gasteiger partial charge in [-0.2, -0.15) is 0 Å². The molecule has 0 atom stereocenters. The lowest BCUT2D eigenvalue weighted by atomic mass is 9.62. The van der Waals surface area contributed by atoms with E-state index in [1.165, 1.54) is 62.3 Å². The lowest BCUT2D eigenvalue weighted by Crippen LogP contribution is -2.41. The third kappa shape index (κ3) is 2.76. The Bertz CT molecular complexity index is 1580. The second kappa shape index (κ2) is 6.70. The number of aryl methyl sites for hydroxylation is 2. The predicted octanol–water partition coefficient (Wildman–Crippen LogP) is 7.89. The van der Waals surface area contributed by atoms with Gasteiger partial charge in [-0.05, 0) is 58.6 Å². The van der Waals surface area contributed by atoms with Gasteiger partial charge >= 0.3 is 0 Å². The zero-order valence-electron chi connectivity index (χ0n) is 20.5. The van der Waals surface area contributed by atoms with Gasteiger partial charge in [0.25, 0.3) is 0 Å². The average Bonchev–Trinajstić information content (AvgIpc) is 3.17. The van der Waals surface area contributed by atoms with E-state index in [4.69, 9.17) is 4.42 Å². The van der Waals surface area contributed by atoms with Gasteiger partial charge in [0.05, 0.1) is 5.56 Å². The van der Waals surface area contributed by atoms with E-state index in [9.17, 15) is 0 Å². The molecular formula is C31H32NO+. The van der Waals surface area contributed by atoms with Gasteiger partial charge in [-0.3, -0.25) is 0 Å². The molecule has 0 fully saturated rings. The summed E-state index contributed by atoms with van der Waals surface area (Å²) in [5, 5.41) is 4.99. The first-order valence-corrected chi connectivity index (χ1v) is 12.1. The Morgan fingerprint density at radius 2 is 1.42 bits per heavy atom. The minimum atomic E-state index is 0.0929. The van der Waals surface area contributed by atoms with E-state index in [0.717, 1.165) is 11.2 Å². The highest BCUT2D eigenvalue weighted by Gasteiger charge is 2.43. The molecule has 2 nitrogen and oxygen atoms in total. The zero-order chi connectivity index (χ0) is 23.1. The van der Waals surface area contributed by atoms with Crippen LogP contribution in [0.4, 0.5) is 0 Å². The lowest BCUT2D eigenvalue weighted by Gasteiger charge is -2.41. The van der Waals surface area contributed by atoms with Crippen LogP contribution >= 0.6 is 0 Å². The molecule has 0 unspecified atom stereocenters. The molecule has 0 N–H and O–H groups in total. The van der Waals surface area contributed by atoms with Crippen molar-refractivity contribution in [2.45, 2.75) is 58.3 Å². The predicted molar refractivity (Wildman–Crippen MR) is 138 cm³/mol. The molecule has 33 heavy (non-hydrogen) atoms. The summed E-state index contributed by atoms with van der Waals surface area (Å²) >= 11 is 0. The van der Waals surface area contributed by atoms with E-state index in [1.807, 2.05) is 0 Å². The maximum atomic E-state index is 6.68. The minimum absolute atomic E-state index is 0.0929. The number of benzene rings is 3. The zero-order valence-corrected chi connectivity index (χ0v) is 20.5. The summed E-state index contributed by atoms with van der Waals surface area (Å²) in [5.74, 6) is 0. The molecule has 6 rings (SSSR count). The van der Waals surface area contributed by atoms with Gasteiger partial charge in [-0.15, -0.1) is 0 Å². The van der Waals surface area contributed by atoms with Crippen LogP contribution in [0.1, 0.15) is 57.2 Å². The minimum Gasteiger partial charge on any atom is -0.455 e. The van der Waals surface area contributed by atoms with Crippen LogP contribution in [0.15, 0.2) is 65.2 Å². The molecule has 0 saturated carbocycles. The van der Waals surface area contributed by atoms with Crippen LogP contribution in [0.2, 0.25) is 0 Å². The Morgan fingerprint density at radius 3 is 2.18 bits per heavy atom. The van der Waals surface area contributed by atoms with Crippen LogP contribution < -0.4 is 4.57 Å². The number of fused-ring (bicyclic) bond motifs is 6. The van der Waals surface area contributed by atoms with Crippen LogP contribution in [0.5, 0.6) is 0 Å². The fraction of sp³-hybridized carbons (Fsp3) is 0.323. The summed E-state index contributed by atoms with van der Waals surface area (Å²) in [6, 6.07) is 19.6. The summed E-state index contributed by atoms with van der Waals surface area (Å²) in [5.41, 5.74) is 9.00. The Balaban J connectivity index is 1.88. The SMILES string of the molecule is Cc1c(-c2c3c(cc[n+]2C)C(C)(C)CCC3(C)C)c2oc3ccccc3c2c2ccccc12. The Morgan fingerprint density at radius 1 is 0.788 bits per heavy atom. The maximum Gasteiger partial charge on any atom is 0.220 e. The number of aromatic nitrogens is 1. The van der Waals surface area contributed by atoms with Crippen molar-refractivity contribution in [3.8, 4) is 11.3 Å². The van der Waals surface area contributed by atoms with E-state index in [2.05, 4.69) is 107 Å². The monoisotopic (exact) mass is 434 g/mol. The number of nitrogens with zero attached hydrogens (tertiary/aromatic N) is 1. The molecule has 0 aliphatic heterocycles. The Kier molecular flexibility index (Phi) is 4.15. The van der Waals surface area contributed by atoms with Crippen LogP contribution in [-0.2, 0) is 17.9 Å². The molecule has 0 radical (unpaired) electrons. The number of hydrogen-bond donors (Lipinski definition) is 0. The van der Waals surface area contributed by atoms with E-state index >= 15 is 0 Å². The summed E-state index contributed by atoms with van der Waals surface area (Å²) in [7, 11) is 2.19. The topological polar surface area (TPSA) is 17.0 Å². The van der Waals surface area contributed by atoms with Gasteiger partial charge in [0.2, 0.25) is 5.69 Å². The van der Waals surface area contributed by atoms with Crippen molar-refractivity contribution in [1.82, 2.24) is 0 Å². The smallest absolute Gasteiger partial charge is 0.220 e. The van der Waals surface area contributed by atoms with Gasteiger partial charge in [-0.1, -0.05) is 70.2 Å². The molecule has 166 valence electrons. The molecule has 3 aromatic carbocycles. The van der Waals surface area contributed by atoms with Crippen molar-refractivity contribution >= 4 is 32.7 Å². The molecule has 2 heterocycles. The highest BCUT2D eigenvalue weighted by molar-refractivity contribution is 6.23. The molecule has 2 heteroatoms. The molecule has 2 aromatic heterocycles. The van der Waals surface area contributed by atoms with Crippen molar-refractivity contribution in [2.75, 3.05) is 0 Å². The molecule has 0 amide bonds. The van der Waals surface area contributed by atoms with Gasteiger partial charge in [0.1, 0.15) is 18.2 Å².